The van der Waals surface area contributed by atoms with Crippen LogP contribution >= 0.6 is 22.9 Å². The van der Waals surface area contributed by atoms with Gasteiger partial charge in [0, 0.05) is 0 Å². The molecule has 15 heavy (non-hydrogen) atoms. The maximum absolute atomic E-state index is 11.2. The Hall–Kier alpha value is -1.21. The lowest BCUT2D eigenvalue weighted by Crippen LogP contribution is -2.18. The van der Waals surface area contributed by atoms with Crippen LogP contribution in [0, 0.1) is 0 Å². The van der Waals surface area contributed by atoms with Gasteiger partial charge < -0.3 is 4.74 Å². The molecule has 0 aliphatic carbocycles. The summed E-state index contributed by atoms with van der Waals surface area (Å²) in [4.78, 5) is 22.1. The van der Waals surface area contributed by atoms with Gasteiger partial charge in [0.05, 0.1) is 6.61 Å². The molecule has 1 rings (SSSR count). The molecule has 6 nitrogen and oxygen atoms in total. The van der Waals surface area contributed by atoms with E-state index in [1.807, 2.05) is 0 Å². The van der Waals surface area contributed by atoms with E-state index in [1.54, 1.807) is 6.92 Å². The molecular formula is C7H8ClN3O3S. The number of aromatic nitrogens is 2. The van der Waals surface area contributed by atoms with Gasteiger partial charge in [0.2, 0.25) is 15.5 Å². The van der Waals surface area contributed by atoms with Crippen LogP contribution in [0.25, 0.3) is 0 Å². The number of carbonyl (C=O) groups excluding carboxylic acids is 2. The normalized spacial score (nSPS) is 9.73. The zero-order chi connectivity index (χ0) is 11.3. The summed E-state index contributed by atoms with van der Waals surface area (Å²) in [7, 11) is 0. The zero-order valence-corrected chi connectivity index (χ0v) is 9.39. The van der Waals surface area contributed by atoms with Crippen LogP contribution in [0.5, 0.6) is 0 Å². The molecule has 0 unspecified atom stereocenters. The molecule has 82 valence electrons. The predicted octanol–water partition coefficient (Wildman–Crippen LogP) is 1.08. The van der Waals surface area contributed by atoms with Crippen molar-refractivity contribution in [2.75, 3.05) is 11.9 Å². The number of nitrogens with zero attached hydrogens (tertiary/aromatic N) is 2. The van der Waals surface area contributed by atoms with Gasteiger partial charge in [-0.2, -0.15) is 0 Å². The first-order chi connectivity index (χ1) is 7.11. The molecule has 0 aliphatic rings. The fourth-order valence-corrected chi connectivity index (χ4v) is 1.51. The molecule has 8 heteroatoms. The van der Waals surface area contributed by atoms with Gasteiger partial charge in [-0.25, -0.2) is 0 Å². The van der Waals surface area contributed by atoms with Crippen LogP contribution in [-0.2, 0) is 14.3 Å². The predicted molar refractivity (Wildman–Crippen MR) is 54.8 cm³/mol. The van der Waals surface area contributed by atoms with Crippen LogP contribution < -0.4 is 5.32 Å². The van der Waals surface area contributed by atoms with Crippen LogP contribution in [0.3, 0.4) is 0 Å². The minimum Gasteiger partial charge on any atom is -0.466 e. The third kappa shape index (κ3) is 4.22. The number of ether oxygens (including phenoxy) is 1. The number of amides is 1. The standard InChI is InChI=1S/C7H8ClN3O3S/c1-2-14-5(13)3-4(12)9-7-11-10-6(8)15-7/h2-3H2,1H3,(H,9,11,12). The zero-order valence-electron chi connectivity index (χ0n) is 7.82. The first-order valence-electron chi connectivity index (χ1n) is 4.06. The smallest absolute Gasteiger partial charge is 0.315 e. The number of hydrogen-bond acceptors (Lipinski definition) is 6. The van der Waals surface area contributed by atoms with Crippen LogP contribution in [-0.4, -0.2) is 28.7 Å². The Bertz CT molecular complexity index is 368. The number of anilines is 1. The molecule has 1 amide bonds. The molecule has 0 aliphatic heterocycles. The highest BCUT2D eigenvalue weighted by molar-refractivity contribution is 7.19. The summed E-state index contributed by atoms with van der Waals surface area (Å²) >= 11 is 6.52. The number of carbonyl (C=O) groups is 2. The summed E-state index contributed by atoms with van der Waals surface area (Å²) in [5.41, 5.74) is 0. The first-order valence-corrected chi connectivity index (χ1v) is 5.25. The van der Waals surface area contributed by atoms with Gasteiger partial charge in [-0.3, -0.25) is 14.9 Å². The Morgan fingerprint density at radius 3 is 2.80 bits per heavy atom. The van der Waals surface area contributed by atoms with Crippen LogP contribution in [0.4, 0.5) is 5.13 Å². The van der Waals surface area contributed by atoms with Crippen molar-refractivity contribution in [2.24, 2.45) is 0 Å². The Morgan fingerprint density at radius 1 is 1.53 bits per heavy atom. The van der Waals surface area contributed by atoms with E-state index in [-0.39, 0.29) is 22.6 Å². The van der Waals surface area contributed by atoms with Crippen LogP contribution in [0.2, 0.25) is 4.47 Å². The number of hydrogen-bond donors (Lipinski definition) is 1. The molecule has 0 saturated carbocycles. The quantitative estimate of drug-likeness (QED) is 0.638. The van der Waals surface area contributed by atoms with Gasteiger partial charge in [0.15, 0.2) is 0 Å². The van der Waals surface area contributed by atoms with E-state index in [4.69, 9.17) is 11.6 Å². The minimum absolute atomic E-state index is 0.224. The van der Waals surface area contributed by atoms with E-state index in [0.29, 0.717) is 0 Å². The van der Waals surface area contributed by atoms with E-state index < -0.39 is 11.9 Å². The molecule has 0 bridgehead atoms. The first kappa shape index (κ1) is 11.9. The lowest BCUT2D eigenvalue weighted by atomic mass is 10.4. The van der Waals surface area contributed by atoms with E-state index in [2.05, 4.69) is 20.3 Å². The van der Waals surface area contributed by atoms with Crippen molar-refractivity contribution >= 4 is 39.9 Å². The molecule has 1 heterocycles. The Labute approximate surface area is 94.6 Å². The van der Waals surface area contributed by atoms with Gasteiger partial charge in [0.1, 0.15) is 6.42 Å². The molecular weight excluding hydrogens is 242 g/mol. The summed E-state index contributed by atoms with van der Waals surface area (Å²) in [6, 6.07) is 0. The lowest BCUT2D eigenvalue weighted by Gasteiger charge is -2.00. The molecule has 0 spiro atoms. The summed E-state index contributed by atoms with van der Waals surface area (Å²) in [6.07, 6.45) is -0.342. The van der Waals surface area contributed by atoms with Gasteiger partial charge >= 0.3 is 5.97 Å². The molecule has 0 saturated heterocycles. The second-order valence-corrected chi connectivity index (χ2v) is 3.95. The highest BCUT2D eigenvalue weighted by Gasteiger charge is 2.12. The van der Waals surface area contributed by atoms with Gasteiger partial charge in [-0.05, 0) is 18.5 Å². The highest BCUT2D eigenvalue weighted by atomic mass is 35.5. The highest BCUT2D eigenvalue weighted by Crippen LogP contribution is 2.19. The Kier molecular flexibility index (Phi) is 4.44. The number of rotatable bonds is 4. The minimum atomic E-state index is -0.578. The number of esters is 1. The molecule has 0 fully saturated rings. The lowest BCUT2D eigenvalue weighted by molar-refractivity contribution is -0.145. The van der Waals surface area contributed by atoms with Crippen molar-refractivity contribution < 1.29 is 14.3 Å². The molecule has 1 aromatic heterocycles. The third-order valence-electron chi connectivity index (χ3n) is 1.26. The molecule has 1 aromatic rings. The molecule has 0 radical (unpaired) electrons. The largest absolute Gasteiger partial charge is 0.466 e. The average molecular weight is 250 g/mol. The molecule has 0 aromatic carbocycles. The van der Waals surface area contributed by atoms with Crippen molar-refractivity contribution in [1.29, 1.82) is 0 Å². The Balaban J connectivity index is 2.39. The fraction of sp³-hybridized carbons (Fsp3) is 0.429. The van der Waals surface area contributed by atoms with Crippen LogP contribution in [0.1, 0.15) is 13.3 Å². The maximum atomic E-state index is 11.2. The SMILES string of the molecule is CCOC(=O)CC(=O)Nc1nnc(Cl)s1. The fourth-order valence-electron chi connectivity index (χ4n) is 0.762. The third-order valence-corrected chi connectivity index (χ3v) is 2.19. The van der Waals surface area contributed by atoms with E-state index in [0.717, 1.165) is 11.3 Å². The van der Waals surface area contributed by atoms with Gasteiger partial charge in [-0.15, -0.1) is 10.2 Å². The summed E-state index contributed by atoms with van der Waals surface area (Å²) in [5.74, 6) is -1.08. The maximum Gasteiger partial charge on any atom is 0.315 e. The second kappa shape index (κ2) is 5.62. The summed E-state index contributed by atoms with van der Waals surface area (Å²) in [5, 5.41) is 9.68. The summed E-state index contributed by atoms with van der Waals surface area (Å²) < 4.78 is 4.82. The van der Waals surface area contributed by atoms with E-state index in [9.17, 15) is 9.59 Å². The van der Waals surface area contributed by atoms with Crippen molar-refractivity contribution in [2.45, 2.75) is 13.3 Å². The average Bonchev–Trinajstić information content (AvgIpc) is 2.51. The van der Waals surface area contributed by atoms with E-state index >= 15 is 0 Å². The second-order valence-electron chi connectivity index (χ2n) is 2.39. The molecule has 0 atom stereocenters. The number of nitrogens with one attached hydrogen (secondary N) is 1. The van der Waals surface area contributed by atoms with Crippen LogP contribution in [0.15, 0.2) is 0 Å². The van der Waals surface area contributed by atoms with Gasteiger partial charge in [-0.1, -0.05) is 11.3 Å². The molecule has 1 N–H and O–H groups in total. The van der Waals surface area contributed by atoms with E-state index in [1.165, 1.54) is 0 Å². The van der Waals surface area contributed by atoms with Crippen molar-refractivity contribution in [3.63, 3.8) is 0 Å². The van der Waals surface area contributed by atoms with Crippen molar-refractivity contribution in [3.8, 4) is 0 Å². The summed E-state index contributed by atoms with van der Waals surface area (Å²) in [6.45, 7) is 1.91. The Morgan fingerprint density at radius 2 is 2.27 bits per heavy atom. The monoisotopic (exact) mass is 249 g/mol. The van der Waals surface area contributed by atoms with Gasteiger partial charge in [0.25, 0.3) is 0 Å². The number of halogens is 1. The topological polar surface area (TPSA) is 81.2 Å². The van der Waals surface area contributed by atoms with Crippen molar-refractivity contribution in [1.82, 2.24) is 10.2 Å². The van der Waals surface area contributed by atoms with Crippen molar-refractivity contribution in [3.05, 3.63) is 4.47 Å².